The Hall–Kier alpha value is -0.830. The molecule has 1 saturated heterocycles. The number of carboxylic acid groups (broad SMARTS) is 1. The molecule has 0 radical (unpaired) electrons. The fraction of sp³-hybridized carbons (Fsp3) is 0.727. The van der Waals surface area contributed by atoms with Gasteiger partial charge in [-0.2, -0.15) is 0 Å². The minimum atomic E-state index is -0.722. The van der Waals surface area contributed by atoms with Gasteiger partial charge in [-0.25, -0.2) is 0 Å². The molecule has 1 aliphatic rings. The van der Waals surface area contributed by atoms with E-state index < -0.39 is 5.97 Å². The van der Waals surface area contributed by atoms with E-state index in [0.29, 0.717) is 12.3 Å². The lowest BCUT2D eigenvalue weighted by molar-refractivity contribution is -0.146. The number of hydrogen-bond acceptors (Lipinski definition) is 2. The van der Waals surface area contributed by atoms with Gasteiger partial charge in [-0.1, -0.05) is 19.4 Å². The van der Waals surface area contributed by atoms with Gasteiger partial charge in [0.05, 0.1) is 0 Å². The van der Waals surface area contributed by atoms with E-state index in [1.165, 1.54) is 12.8 Å². The highest BCUT2D eigenvalue weighted by Gasteiger charge is 2.34. The first kappa shape index (κ1) is 11.2. The number of rotatable bonds is 6. The molecule has 0 aromatic rings. The maximum atomic E-state index is 10.9. The average molecular weight is 197 g/mol. The lowest BCUT2D eigenvalue weighted by Gasteiger charge is -2.42. The van der Waals surface area contributed by atoms with Crippen LogP contribution in [-0.2, 0) is 4.79 Å². The normalized spacial score (nSPS) is 20.1. The number of hydrogen-bond donors (Lipinski definition) is 1. The van der Waals surface area contributed by atoms with Crippen molar-refractivity contribution in [1.29, 1.82) is 0 Å². The van der Waals surface area contributed by atoms with E-state index in [1.807, 2.05) is 4.90 Å². The number of nitrogens with zero attached hydrogens (tertiary/aromatic N) is 1. The summed E-state index contributed by atoms with van der Waals surface area (Å²) in [6.07, 6.45) is 4.65. The van der Waals surface area contributed by atoms with Gasteiger partial charge in [-0.3, -0.25) is 9.69 Å². The molecule has 0 saturated carbocycles. The molecule has 0 bridgehead atoms. The molecule has 0 aliphatic carbocycles. The summed E-state index contributed by atoms with van der Waals surface area (Å²) >= 11 is 0. The molecule has 0 spiro atoms. The van der Waals surface area contributed by atoms with Gasteiger partial charge in [0, 0.05) is 13.1 Å². The van der Waals surface area contributed by atoms with E-state index in [4.69, 9.17) is 5.11 Å². The summed E-state index contributed by atoms with van der Waals surface area (Å²) in [5.41, 5.74) is 0. The van der Waals surface area contributed by atoms with Crippen molar-refractivity contribution in [2.45, 2.75) is 32.2 Å². The molecular weight excluding hydrogens is 178 g/mol. The second-order valence-corrected chi connectivity index (χ2v) is 3.99. The summed E-state index contributed by atoms with van der Waals surface area (Å²) in [7, 11) is 0. The van der Waals surface area contributed by atoms with E-state index >= 15 is 0 Å². The van der Waals surface area contributed by atoms with Crippen LogP contribution < -0.4 is 0 Å². The third kappa shape index (κ3) is 2.58. The minimum Gasteiger partial charge on any atom is -0.480 e. The summed E-state index contributed by atoms with van der Waals surface area (Å²) in [6.45, 7) is 7.64. The van der Waals surface area contributed by atoms with Gasteiger partial charge in [0.25, 0.3) is 0 Å². The second kappa shape index (κ2) is 5.15. The Morgan fingerprint density at radius 2 is 2.36 bits per heavy atom. The van der Waals surface area contributed by atoms with Crippen LogP contribution in [0.15, 0.2) is 12.7 Å². The highest BCUT2D eigenvalue weighted by molar-refractivity contribution is 5.73. The zero-order chi connectivity index (χ0) is 10.6. The van der Waals surface area contributed by atoms with Crippen LogP contribution in [0, 0.1) is 5.92 Å². The molecular formula is C11H19NO2. The summed E-state index contributed by atoms with van der Waals surface area (Å²) < 4.78 is 0. The number of likely N-dealkylation sites (tertiary alicyclic amines) is 1. The summed E-state index contributed by atoms with van der Waals surface area (Å²) in [6, 6.07) is -0.347. The van der Waals surface area contributed by atoms with Gasteiger partial charge >= 0.3 is 5.97 Å². The van der Waals surface area contributed by atoms with E-state index in [0.717, 1.165) is 13.1 Å². The van der Waals surface area contributed by atoms with Gasteiger partial charge in [0.2, 0.25) is 0 Å². The first-order chi connectivity index (χ1) is 6.69. The molecule has 1 unspecified atom stereocenters. The minimum absolute atomic E-state index is 0.347. The first-order valence-electron chi connectivity index (χ1n) is 5.26. The molecule has 1 fully saturated rings. The van der Waals surface area contributed by atoms with Crippen molar-refractivity contribution >= 4 is 5.97 Å². The molecule has 1 heterocycles. The highest BCUT2D eigenvalue weighted by atomic mass is 16.4. The van der Waals surface area contributed by atoms with Crippen LogP contribution in [0.2, 0.25) is 0 Å². The van der Waals surface area contributed by atoms with Crippen LogP contribution in [0.5, 0.6) is 0 Å². The molecule has 1 aliphatic heterocycles. The average Bonchev–Trinajstić information content (AvgIpc) is 2.07. The Bertz CT molecular complexity index is 209. The highest BCUT2D eigenvalue weighted by Crippen LogP contribution is 2.24. The van der Waals surface area contributed by atoms with Crippen molar-refractivity contribution in [3.8, 4) is 0 Å². The summed E-state index contributed by atoms with van der Waals surface area (Å²) in [4.78, 5) is 12.9. The Morgan fingerprint density at radius 3 is 2.79 bits per heavy atom. The first-order valence-corrected chi connectivity index (χ1v) is 5.26. The lowest BCUT2D eigenvalue weighted by Crippen LogP contribution is -2.54. The molecule has 1 atom stereocenters. The Morgan fingerprint density at radius 1 is 1.71 bits per heavy atom. The van der Waals surface area contributed by atoms with Crippen molar-refractivity contribution in [2.75, 3.05) is 13.1 Å². The molecule has 1 rings (SSSR count). The smallest absolute Gasteiger partial charge is 0.321 e. The van der Waals surface area contributed by atoms with Crippen molar-refractivity contribution in [3.63, 3.8) is 0 Å². The topological polar surface area (TPSA) is 40.5 Å². The fourth-order valence-corrected chi connectivity index (χ4v) is 2.02. The van der Waals surface area contributed by atoms with Gasteiger partial charge in [0.15, 0.2) is 0 Å². The van der Waals surface area contributed by atoms with Crippen molar-refractivity contribution in [3.05, 3.63) is 12.7 Å². The van der Waals surface area contributed by atoms with Gasteiger partial charge in [-0.15, -0.1) is 6.58 Å². The second-order valence-electron chi connectivity index (χ2n) is 3.99. The number of carboxylic acids is 1. The Labute approximate surface area is 85.4 Å². The number of carbonyl (C=O) groups is 1. The zero-order valence-electron chi connectivity index (χ0n) is 8.78. The zero-order valence-corrected chi connectivity index (χ0v) is 8.78. The largest absolute Gasteiger partial charge is 0.480 e. The van der Waals surface area contributed by atoms with Gasteiger partial charge in [0.1, 0.15) is 6.04 Å². The molecule has 80 valence electrons. The Kier molecular flexibility index (Phi) is 4.14. The predicted molar refractivity (Wildman–Crippen MR) is 56.2 cm³/mol. The molecule has 14 heavy (non-hydrogen) atoms. The fourth-order valence-electron chi connectivity index (χ4n) is 2.02. The van der Waals surface area contributed by atoms with Crippen molar-refractivity contribution in [2.24, 2.45) is 5.92 Å². The SMILES string of the molecule is C=CCC(C(=O)O)N1CC(CCC)C1. The summed E-state index contributed by atoms with van der Waals surface area (Å²) in [5.74, 6) is -0.00786. The van der Waals surface area contributed by atoms with Crippen molar-refractivity contribution < 1.29 is 9.90 Å². The third-order valence-corrected chi connectivity index (χ3v) is 2.80. The van der Waals surface area contributed by atoms with Crippen LogP contribution in [-0.4, -0.2) is 35.1 Å². The maximum Gasteiger partial charge on any atom is 0.321 e. The van der Waals surface area contributed by atoms with Crippen LogP contribution in [0.25, 0.3) is 0 Å². The van der Waals surface area contributed by atoms with Crippen molar-refractivity contribution in [1.82, 2.24) is 4.90 Å². The molecule has 3 heteroatoms. The molecule has 0 aromatic heterocycles. The standard InChI is InChI=1S/C11H19NO2/c1-3-5-9-7-12(8-9)10(6-4-2)11(13)14/h4,9-10H,2-3,5-8H2,1H3,(H,13,14). The van der Waals surface area contributed by atoms with E-state index in [1.54, 1.807) is 6.08 Å². The van der Waals surface area contributed by atoms with Gasteiger partial charge in [-0.05, 0) is 18.8 Å². The van der Waals surface area contributed by atoms with E-state index in [-0.39, 0.29) is 6.04 Å². The quantitative estimate of drug-likeness (QED) is 0.659. The predicted octanol–water partition coefficient (Wildman–Crippen LogP) is 1.75. The maximum absolute atomic E-state index is 10.9. The van der Waals surface area contributed by atoms with Gasteiger partial charge < -0.3 is 5.11 Å². The van der Waals surface area contributed by atoms with Crippen LogP contribution in [0.4, 0.5) is 0 Å². The van der Waals surface area contributed by atoms with Crippen LogP contribution >= 0.6 is 0 Å². The van der Waals surface area contributed by atoms with E-state index in [2.05, 4.69) is 13.5 Å². The Balaban J connectivity index is 2.34. The van der Waals surface area contributed by atoms with Crippen LogP contribution in [0.1, 0.15) is 26.2 Å². The lowest BCUT2D eigenvalue weighted by atomic mass is 9.92. The summed E-state index contributed by atoms with van der Waals surface area (Å²) in [5, 5.41) is 8.97. The molecule has 0 amide bonds. The number of aliphatic carboxylic acids is 1. The monoisotopic (exact) mass is 197 g/mol. The third-order valence-electron chi connectivity index (χ3n) is 2.80. The molecule has 1 N–H and O–H groups in total. The van der Waals surface area contributed by atoms with Crippen LogP contribution in [0.3, 0.4) is 0 Å². The molecule has 3 nitrogen and oxygen atoms in total. The van der Waals surface area contributed by atoms with E-state index in [9.17, 15) is 4.79 Å². The molecule has 0 aromatic carbocycles.